The zero-order valence-electron chi connectivity index (χ0n) is 12.8. The van der Waals surface area contributed by atoms with Gasteiger partial charge in [-0.25, -0.2) is 4.72 Å². The third kappa shape index (κ3) is 6.05. The van der Waals surface area contributed by atoms with E-state index in [1.54, 1.807) is 7.05 Å². The van der Waals surface area contributed by atoms with E-state index in [1.807, 2.05) is 0 Å². The molecule has 1 heterocycles. The SMILES string of the molecule is CC1CCCCN1CCCNS(=O)(=O)N(C)CCCN. The van der Waals surface area contributed by atoms with Crippen molar-refractivity contribution in [2.45, 2.75) is 45.1 Å². The predicted octanol–water partition coefficient (Wildman–Crippen LogP) is 0.366. The molecule has 0 aromatic heterocycles. The van der Waals surface area contributed by atoms with Crippen LogP contribution in [0.4, 0.5) is 0 Å². The third-order valence-corrected chi connectivity index (χ3v) is 5.51. The summed E-state index contributed by atoms with van der Waals surface area (Å²) in [6.45, 7) is 5.84. The summed E-state index contributed by atoms with van der Waals surface area (Å²) in [5.41, 5.74) is 5.39. The number of hydrogen-bond donors (Lipinski definition) is 2. The number of nitrogens with zero attached hydrogens (tertiary/aromatic N) is 2. The maximum Gasteiger partial charge on any atom is 0.279 e. The minimum absolute atomic E-state index is 0.467. The molecule has 0 aliphatic carbocycles. The lowest BCUT2D eigenvalue weighted by molar-refractivity contribution is 0.159. The Morgan fingerprint density at radius 3 is 2.75 bits per heavy atom. The Labute approximate surface area is 123 Å². The average Bonchev–Trinajstić information content (AvgIpc) is 2.42. The molecular formula is C13H30N4O2S. The highest BCUT2D eigenvalue weighted by molar-refractivity contribution is 7.87. The van der Waals surface area contributed by atoms with Gasteiger partial charge in [0.05, 0.1) is 0 Å². The Bertz CT molecular complexity index is 361. The fourth-order valence-corrected chi connectivity index (χ4v) is 3.51. The van der Waals surface area contributed by atoms with Crippen molar-refractivity contribution >= 4 is 10.2 Å². The fourth-order valence-electron chi connectivity index (χ4n) is 2.52. The van der Waals surface area contributed by atoms with E-state index in [2.05, 4.69) is 16.5 Å². The topological polar surface area (TPSA) is 78.7 Å². The predicted molar refractivity (Wildman–Crippen MR) is 82.7 cm³/mol. The van der Waals surface area contributed by atoms with Gasteiger partial charge in [-0.15, -0.1) is 0 Å². The van der Waals surface area contributed by atoms with Crippen LogP contribution in [0.2, 0.25) is 0 Å². The molecular weight excluding hydrogens is 276 g/mol. The smallest absolute Gasteiger partial charge is 0.279 e. The van der Waals surface area contributed by atoms with E-state index in [0.717, 1.165) is 19.5 Å². The molecule has 0 aromatic rings. The average molecular weight is 306 g/mol. The molecule has 0 spiro atoms. The lowest BCUT2D eigenvalue weighted by atomic mass is 10.0. The molecule has 0 amide bonds. The highest BCUT2D eigenvalue weighted by Gasteiger charge is 2.19. The Morgan fingerprint density at radius 2 is 2.10 bits per heavy atom. The molecule has 1 saturated heterocycles. The van der Waals surface area contributed by atoms with Crippen LogP contribution in [0.1, 0.15) is 39.0 Å². The van der Waals surface area contributed by atoms with E-state index in [4.69, 9.17) is 5.73 Å². The molecule has 1 fully saturated rings. The van der Waals surface area contributed by atoms with Gasteiger partial charge in [0.25, 0.3) is 10.2 Å². The van der Waals surface area contributed by atoms with Crippen molar-refractivity contribution in [2.75, 3.05) is 39.8 Å². The summed E-state index contributed by atoms with van der Waals surface area (Å²) in [6, 6.07) is 0.632. The Kier molecular flexibility index (Phi) is 7.98. The summed E-state index contributed by atoms with van der Waals surface area (Å²) in [4.78, 5) is 2.45. The molecule has 6 nitrogen and oxygen atoms in total. The summed E-state index contributed by atoms with van der Waals surface area (Å²) in [5, 5.41) is 0. The van der Waals surface area contributed by atoms with Crippen LogP contribution in [-0.2, 0) is 10.2 Å². The standard InChI is InChI=1S/C13H30N4O2S/c1-13-7-3-4-11-17(13)12-6-9-15-20(18,19)16(2)10-5-8-14/h13,15H,3-12,14H2,1-2H3. The summed E-state index contributed by atoms with van der Waals surface area (Å²) in [7, 11) is -1.75. The van der Waals surface area contributed by atoms with Gasteiger partial charge in [0.15, 0.2) is 0 Å². The molecule has 1 aliphatic heterocycles. The minimum Gasteiger partial charge on any atom is -0.330 e. The van der Waals surface area contributed by atoms with Gasteiger partial charge in [0, 0.05) is 26.2 Å². The van der Waals surface area contributed by atoms with Gasteiger partial charge in [0.1, 0.15) is 0 Å². The van der Waals surface area contributed by atoms with Gasteiger partial charge < -0.3 is 10.6 Å². The van der Waals surface area contributed by atoms with Crippen LogP contribution in [0.5, 0.6) is 0 Å². The zero-order valence-corrected chi connectivity index (χ0v) is 13.7. The van der Waals surface area contributed by atoms with Crippen LogP contribution < -0.4 is 10.5 Å². The Hall–Kier alpha value is -0.210. The van der Waals surface area contributed by atoms with E-state index in [1.165, 1.54) is 23.6 Å². The molecule has 0 aromatic carbocycles. The van der Waals surface area contributed by atoms with Crippen molar-refractivity contribution in [1.29, 1.82) is 0 Å². The van der Waals surface area contributed by atoms with E-state index in [0.29, 0.717) is 32.1 Å². The molecule has 0 bridgehead atoms. The normalized spacial score (nSPS) is 21.5. The second-order valence-electron chi connectivity index (χ2n) is 5.60. The van der Waals surface area contributed by atoms with Gasteiger partial charge in [-0.05, 0) is 52.2 Å². The number of nitrogens with one attached hydrogen (secondary N) is 1. The first-order valence-corrected chi connectivity index (χ1v) is 9.06. The van der Waals surface area contributed by atoms with Crippen LogP contribution in [0.25, 0.3) is 0 Å². The van der Waals surface area contributed by atoms with Crippen molar-refractivity contribution in [3.63, 3.8) is 0 Å². The van der Waals surface area contributed by atoms with Crippen molar-refractivity contribution in [1.82, 2.24) is 13.9 Å². The molecule has 0 radical (unpaired) electrons. The summed E-state index contributed by atoms with van der Waals surface area (Å²) in [5.74, 6) is 0. The zero-order chi connectivity index (χ0) is 15.0. The lowest BCUT2D eigenvalue weighted by Crippen LogP contribution is -2.42. The molecule has 1 unspecified atom stereocenters. The molecule has 7 heteroatoms. The van der Waals surface area contributed by atoms with E-state index in [9.17, 15) is 8.42 Å². The van der Waals surface area contributed by atoms with Crippen molar-refractivity contribution in [2.24, 2.45) is 5.73 Å². The van der Waals surface area contributed by atoms with E-state index in [-0.39, 0.29) is 0 Å². The van der Waals surface area contributed by atoms with E-state index < -0.39 is 10.2 Å². The van der Waals surface area contributed by atoms with Crippen LogP contribution >= 0.6 is 0 Å². The number of hydrogen-bond acceptors (Lipinski definition) is 4. The molecule has 20 heavy (non-hydrogen) atoms. The molecule has 1 rings (SSSR count). The van der Waals surface area contributed by atoms with Crippen LogP contribution in [-0.4, -0.2) is 63.4 Å². The van der Waals surface area contributed by atoms with Gasteiger partial charge in [-0.1, -0.05) is 6.42 Å². The molecule has 3 N–H and O–H groups in total. The first-order valence-electron chi connectivity index (χ1n) is 7.62. The van der Waals surface area contributed by atoms with Crippen molar-refractivity contribution < 1.29 is 8.42 Å². The van der Waals surface area contributed by atoms with Crippen LogP contribution in [0, 0.1) is 0 Å². The van der Waals surface area contributed by atoms with Gasteiger partial charge in [-0.2, -0.15) is 12.7 Å². The van der Waals surface area contributed by atoms with E-state index >= 15 is 0 Å². The lowest BCUT2D eigenvalue weighted by Gasteiger charge is -2.33. The number of likely N-dealkylation sites (tertiary alicyclic amines) is 1. The largest absolute Gasteiger partial charge is 0.330 e. The second kappa shape index (κ2) is 8.94. The summed E-state index contributed by atoms with van der Waals surface area (Å²) in [6.07, 6.45) is 5.37. The third-order valence-electron chi connectivity index (χ3n) is 3.93. The second-order valence-corrected chi connectivity index (χ2v) is 7.46. The molecule has 120 valence electrons. The molecule has 1 atom stereocenters. The van der Waals surface area contributed by atoms with Gasteiger partial charge in [0.2, 0.25) is 0 Å². The fraction of sp³-hybridized carbons (Fsp3) is 1.00. The first kappa shape index (κ1) is 17.8. The molecule has 0 saturated carbocycles. The number of nitrogens with two attached hydrogens (primary N) is 1. The summed E-state index contributed by atoms with van der Waals surface area (Å²) >= 11 is 0. The van der Waals surface area contributed by atoms with Gasteiger partial charge in [-0.3, -0.25) is 0 Å². The maximum atomic E-state index is 11.9. The van der Waals surface area contributed by atoms with Crippen LogP contribution in [0.15, 0.2) is 0 Å². The highest BCUT2D eigenvalue weighted by atomic mass is 32.2. The highest BCUT2D eigenvalue weighted by Crippen LogP contribution is 2.16. The Balaban J connectivity index is 2.22. The Morgan fingerprint density at radius 1 is 1.35 bits per heavy atom. The summed E-state index contributed by atoms with van der Waals surface area (Å²) < 4.78 is 27.8. The van der Waals surface area contributed by atoms with Gasteiger partial charge >= 0.3 is 0 Å². The monoisotopic (exact) mass is 306 g/mol. The minimum atomic E-state index is -3.34. The number of rotatable bonds is 9. The maximum absolute atomic E-state index is 11.9. The van der Waals surface area contributed by atoms with Crippen molar-refractivity contribution in [3.8, 4) is 0 Å². The van der Waals surface area contributed by atoms with Crippen molar-refractivity contribution in [3.05, 3.63) is 0 Å². The molecule has 1 aliphatic rings. The quantitative estimate of drug-likeness (QED) is 0.603. The number of piperidine rings is 1. The van der Waals surface area contributed by atoms with Crippen LogP contribution in [0.3, 0.4) is 0 Å². The first-order chi connectivity index (χ1) is 9.47.